The first kappa shape index (κ1) is 36.9. The number of carbonyl (C=O) groups is 6. The zero-order valence-corrected chi connectivity index (χ0v) is 25.8. The zero-order chi connectivity index (χ0) is 33.8. The lowest BCUT2D eigenvalue weighted by Crippen LogP contribution is -2.62. The summed E-state index contributed by atoms with van der Waals surface area (Å²) in [6.45, 7) is 5.45. The Kier molecular flexibility index (Phi) is 14.2. The Balaban J connectivity index is 2.66. The van der Waals surface area contributed by atoms with Gasteiger partial charge in [0.25, 0.3) is 0 Å². The van der Waals surface area contributed by atoms with Crippen LogP contribution < -0.4 is 0 Å². The molecule has 2 aliphatic heterocycles. The minimum atomic E-state index is -1.49. The van der Waals surface area contributed by atoms with E-state index in [4.69, 9.17) is 37.9 Å². The average Bonchev–Trinajstić information content (AvgIpc) is 2.92. The minimum absolute atomic E-state index is 0.502. The second-order valence-electron chi connectivity index (χ2n) is 9.51. The second kappa shape index (κ2) is 17.3. The molecule has 0 saturated carbocycles. The largest absolute Gasteiger partial charge is 0.463 e. The smallest absolute Gasteiger partial charge is 0.303 e. The number of carbonyl (C=O) groups excluding carboxylic acids is 6. The van der Waals surface area contributed by atoms with Gasteiger partial charge in [0.05, 0.1) is 0 Å². The van der Waals surface area contributed by atoms with Crippen LogP contribution in [0.25, 0.3) is 20.9 Å². The van der Waals surface area contributed by atoms with Crippen LogP contribution >= 0.6 is 11.8 Å². The van der Waals surface area contributed by atoms with Crippen LogP contribution in [0.15, 0.2) is 10.2 Å². The van der Waals surface area contributed by atoms with E-state index >= 15 is 0 Å². The first-order chi connectivity index (χ1) is 21.2. The number of ether oxygens (including phenoxy) is 8. The van der Waals surface area contributed by atoms with Gasteiger partial charge in [-0.3, -0.25) is 28.8 Å². The van der Waals surface area contributed by atoms with Crippen molar-refractivity contribution in [2.75, 3.05) is 13.2 Å². The van der Waals surface area contributed by atoms with Gasteiger partial charge >= 0.3 is 35.8 Å². The van der Waals surface area contributed by atoms with Gasteiger partial charge in [0.2, 0.25) is 0 Å². The van der Waals surface area contributed by atoms with Crippen molar-refractivity contribution in [3.05, 3.63) is 20.9 Å². The topological polar surface area (TPSA) is 274 Å². The maximum Gasteiger partial charge on any atom is 0.303 e. The Labute approximate surface area is 259 Å². The Bertz CT molecular complexity index is 1150. The van der Waals surface area contributed by atoms with Gasteiger partial charge in [-0.2, -0.15) is 0 Å². The lowest BCUT2D eigenvalue weighted by atomic mass is 9.97. The van der Waals surface area contributed by atoms with E-state index < -0.39 is 109 Å². The van der Waals surface area contributed by atoms with E-state index in [-0.39, 0.29) is 0 Å². The van der Waals surface area contributed by atoms with Gasteiger partial charge in [-0.1, -0.05) is 22.0 Å². The van der Waals surface area contributed by atoms with Gasteiger partial charge in [-0.25, -0.2) is 0 Å². The fourth-order valence-electron chi connectivity index (χ4n) is 4.50. The number of esters is 6. The molecular weight excluding hydrogens is 628 g/mol. The predicted octanol–water partition coefficient (Wildman–Crippen LogP) is 1.38. The number of thioether (sulfide) groups is 1. The molecule has 2 saturated heterocycles. The number of rotatable bonds is 12. The average molecular weight is 661 g/mol. The van der Waals surface area contributed by atoms with Crippen LogP contribution in [-0.2, 0) is 66.7 Å². The molecule has 0 aliphatic carbocycles. The maximum atomic E-state index is 12.2. The highest BCUT2D eigenvalue weighted by atomic mass is 32.2. The van der Waals surface area contributed by atoms with E-state index in [1.54, 1.807) is 0 Å². The summed E-state index contributed by atoms with van der Waals surface area (Å²) in [6.07, 6.45) is -8.36. The summed E-state index contributed by atoms with van der Waals surface area (Å²) >= 11 is 0.691. The molecule has 0 aromatic carbocycles. The molecule has 248 valence electrons. The van der Waals surface area contributed by atoms with Crippen molar-refractivity contribution in [3.63, 3.8) is 0 Å². The highest BCUT2D eigenvalue weighted by Gasteiger charge is 2.55. The van der Waals surface area contributed by atoms with Crippen LogP contribution in [0.3, 0.4) is 0 Å². The van der Waals surface area contributed by atoms with E-state index in [0.29, 0.717) is 11.8 Å². The Hall–Kier alpha value is -4.29. The van der Waals surface area contributed by atoms with Crippen LogP contribution in [0.1, 0.15) is 41.5 Å². The molecular formula is C24H32N6O14S. The van der Waals surface area contributed by atoms with Crippen molar-refractivity contribution in [1.82, 2.24) is 0 Å². The number of azide groups is 2. The van der Waals surface area contributed by atoms with Crippen LogP contribution in [0.2, 0.25) is 0 Å². The minimum Gasteiger partial charge on any atom is -0.463 e. The first-order valence-corrected chi connectivity index (χ1v) is 14.1. The molecule has 0 aromatic heterocycles. The molecule has 0 bridgehead atoms. The van der Waals surface area contributed by atoms with Crippen molar-refractivity contribution in [2.45, 2.75) is 101 Å². The third kappa shape index (κ3) is 11.0. The lowest BCUT2D eigenvalue weighted by Gasteiger charge is -2.47. The molecule has 10 atom stereocenters. The van der Waals surface area contributed by atoms with Crippen LogP contribution in [-0.4, -0.2) is 109 Å². The summed E-state index contributed by atoms with van der Waals surface area (Å²) in [5.74, 6) is -4.81. The molecule has 21 heteroatoms. The molecule has 0 unspecified atom stereocenters. The molecule has 45 heavy (non-hydrogen) atoms. The molecule has 0 amide bonds. The first-order valence-electron chi connectivity index (χ1n) is 13.2. The van der Waals surface area contributed by atoms with Crippen LogP contribution in [0.5, 0.6) is 0 Å². The van der Waals surface area contributed by atoms with E-state index in [2.05, 4.69) is 20.1 Å². The molecule has 0 aromatic rings. The molecule has 20 nitrogen and oxygen atoms in total. The highest BCUT2D eigenvalue weighted by molar-refractivity contribution is 8.00. The van der Waals surface area contributed by atoms with Gasteiger partial charge in [-0.15, -0.1) is 0 Å². The quantitative estimate of drug-likeness (QED) is 0.0939. The van der Waals surface area contributed by atoms with E-state index in [0.717, 1.165) is 41.5 Å². The fraction of sp³-hybridized carbons (Fsp3) is 0.750. The number of hydrogen-bond acceptors (Lipinski definition) is 17. The molecule has 2 rings (SSSR count). The van der Waals surface area contributed by atoms with Gasteiger partial charge < -0.3 is 37.9 Å². The Morgan fingerprint density at radius 3 is 1.16 bits per heavy atom. The second-order valence-corrected chi connectivity index (χ2v) is 10.7. The Morgan fingerprint density at radius 2 is 0.889 bits per heavy atom. The van der Waals surface area contributed by atoms with Gasteiger partial charge in [0.1, 0.15) is 72.8 Å². The normalized spacial score (nSPS) is 30.6. The van der Waals surface area contributed by atoms with Gasteiger partial charge in [-0.05, 0) is 11.1 Å². The van der Waals surface area contributed by atoms with Crippen molar-refractivity contribution in [2.24, 2.45) is 10.2 Å². The van der Waals surface area contributed by atoms with Crippen molar-refractivity contribution in [1.29, 1.82) is 0 Å². The molecule has 0 spiro atoms. The predicted molar refractivity (Wildman–Crippen MR) is 146 cm³/mol. The summed E-state index contributed by atoms with van der Waals surface area (Å²) in [5.41, 5.74) is 15.9. The van der Waals surface area contributed by atoms with E-state index in [9.17, 15) is 39.8 Å². The SMILES string of the molecule is CC(=O)OC[C@H]1O[C@@H](S[C@@H]2O[C@H](COC(C)=O)[C@H](OC(C)=O)[C@H](N=[N+]=[N-])[C@H]2OC(C)=O)[C@H](OC(C)=O)[C@@H](N=[N+]=[N-])[C@H]1OC(C)=O. The molecule has 2 fully saturated rings. The standard InChI is InChI=1S/C24H32N6O14S/c1-9(31)37-7-15-19(39-11(3)33)17(27-29-25)21(41-13(5)35)23(43-15)45-24-22(42-14(6)36)18(28-30-26)20(40-12(4)34)16(44-24)8-38-10(2)32/h15-24H,7-8H2,1-6H3/t15-,16-,17+,18+,19+,20+,21-,22-,23+,24+/m1/s1. The molecule has 0 radical (unpaired) electrons. The summed E-state index contributed by atoms with van der Waals surface area (Å²) in [7, 11) is 0. The summed E-state index contributed by atoms with van der Waals surface area (Å²) in [5, 5.41) is 7.36. The number of nitrogens with zero attached hydrogens (tertiary/aromatic N) is 6. The highest BCUT2D eigenvalue weighted by Crippen LogP contribution is 2.41. The van der Waals surface area contributed by atoms with Gasteiger partial charge in [0.15, 0.2) is 0 Å². The van der Waals surface area contributed by atoms with Crippen LogP contribution in [0, 0.1) is 0 Å². The zero-order valence-electron chi connectivity index (χ0n) is 25.0. The van der Waals surface area contributed by atoms with Gasteiger partial charge in [0, 0.05) is 51.4 Å². The van der Waals surface area contributed by atoms with E-state index in [1.807, 2.05) is 0 Å². The summed E-state index contributed by atoms with van der Waals surface area (Å²) < 4.78 is 43.8. The maximum absolute atomic E-state index is 12.2. The molecule has 0 N–H and O–H groups in total. The molecule has 2 heterocycles. The summed E-state index contributed by atoms with van der Waals surface area (Å²) in [4.78, 5) is 77.0. The third-order valence-electron chi connectivity index (χ3n) is 5.98. The van der Waals surface area contributed by atoms with Crippen molar-refractivity contribution >= 4 is 47.6 Å². The number of hydrogen-bond donors (Lipinski definition) is 0. The van der Waals surface area contributed by atoms with Crippen molar-refractivity contribution < 1.29 is 66.7 Å². The summed E-state index contributed by atoms with van der Waals surface area (Å²) in [6, 6.07) is -2.88. The fourth-order valence-corrected chi connectivity index (χ4v) is 5.92. The third-order valence-corrected chi connectivity index (χ3v) is 7.28. The van der Waals surface area contributed by atoms with E-state index in [1.165, 1.54) is 0 Å². The lowest BCUT2D eigenvalue weighted by molar-refractivity contribution is -0.205. The van der Waals surface area contributed by atoms with Crippen LogP contribution in [0.4, 0.5) is 0 Å². The monoisotopic (exact) mass is 660 g/mol. The molecule has 2 aliphatic rings. The Morgan fingerprint density at radius 1 is 0.578 bits per heavy atom. The van der Waals surface area contributed by atoms with Crippen molar-refractivity contribution in [3.8, 4) is 0 Å².